The molecule has 5 heterocycles. The highest BCUT2D eigenvalue weighted by molar-refractivity contribution is 6.05. The number of pyridine rings is 1. The third-order valence-electron chi connectivity index (χ3n) is 6.20. The summed E-state index contributed by atoms with van der Waals surface area (Å²) in [5.41, 5.74) is 6.11. The molecule has 0 amide bonds. The smallest absolute Gasteiger partial charge is 0.135 e. The van der Waals surface area contributed by atoms with E-state index in [0.29, 0.717) is 18.4 Å². The standard InChI is InChI=1S/C23H29N7O/c1-15-9-16-10-21(17-11-27-29(2)14-17)26-13-22(16)30(15)23(24)19-12-25-6-3-20(19)28-18-4-7-31-8-5-18/h9-11,13-14,18,24-25,28H,3-8,12H2,1-2H3. The Balaban J connectivity index is 1.49. The first-order valence-corrected chi connectivity index (χ1v) is 10.9. The molecule has 8 heteroatoms. The normalized spacial score (nSPS) is 18.0. The van der Waals surface area contributed by atoms with Gasteiger partial charge in [-0.3, -0.25) is 19.6 Å². The van der Waals surface area contributed by atoms with E-state index in [9.17, 15) is 0 Å². The molecule has 0 saturated carbocycles. The maximum absolute atomic E-state index is 9.09. The molecule has 31 heavy (non-hydrogen) atoms. The molecule has 2 aliphatic heterocycles. The van der Waals surface area contributed by atoms with Crippen LogP contribution in [-0.4, -0.2) is 57.5 Å². The molecule has 0 radical (unpaired) electrons. The summed E-state index contributed by atoms with van der Waals surface area (Å²) in [6.45, 7) is 5.31. The molecule has 0 spiro atoms. The van der Waals surface area contributed by atoms with Gasteiger partial charge in [-0.05, 0) is 31.9 Å². The quantitative estimate of drug-likeness (QED) is 0.447. The average molecular weight is 420 g/mol. The van der Waals surface area contributed by atoms with E-state index in [1.165, 1.54) is 5.70 Å². The van der Waals surface area contributed by atoms with Gasteiger partial charge in [0.1, 0.15) is 5.84 Å². The Bertz CT molecular complexity index is 1150. The van der Waals surface area contributed by atoms with E-state index in [0.717, 1.165) is 72.4 Å². The van der Waals surface area contributed by atoms with Crippen LogP contribution >= 0.6 is 0 Å². The third-order valence-corrected chi connectivity index (χ3v) is 6.20. The lowest BCUT2D eigenvalue weighted by Gasteiger charge is -2.30. The number of ether oxygens (including phenoxy) is 1. The van der Waals surface area contributed by atoms with E-state index >= 15 is 0 Å². The minimum absolute atomic E-state index is 0.427. The third kappa shape index (κ3) is 3.88. The van der Waals surface area contributed by atoms with Gasteiger partial charge < -0.3 is 15.4 Å². The number of nitrogens with one attached hydrogen (secondary N) is 3. The summed E-state index contributed by atoms with van der Waals surface area (Å²) in [6, 6.07) is 4.64. The summed E-state index contributed by atoms with van der Waals surface area (Å²) in [5, 5.41) is 21.6. The lowest BCUT2D eigenvalue weighted by Crippen LogP contribution is -2.40. The van der Waals surface area contributed by atoms with Crippen LogP contribution in [0.25, 0.3) is 22.2 Å². The summed E-state index contributed by atoms with van der Waals surface area (Å²) in [5.74, 6) is 0.519. The zero-order valence-corrected chi connectivity index (χ0v) is 18.1. The van der Waals surface area contributed by atoms with Crippen LogP contribution in [0.4, 0.5) is 0 Å². The van der Waals surface area contributed by atoms with Crippen molar-refractivity contribution in [1.82, 2.24) is 30.0 Å². The van der Waals surface area contributed by atoms with Gasteiger partial charge in [0.2, 0.25) is 0 Å². The van der Waals surface area contributed by atoms with Crippen molar-refractivity contribution < 1.29 is 4.74 Å². The fourth-order valence-corrected chi connectivity index (χ4v) is 4.55. The first-order valence-electron chi connectivity index (χ1n) is 10.9. The highest BCUT2D eigenvalue weighted by atomic mass is 16.5. The van der Waals surface area contributed by atoms with Crippen molar-refractivity contribution in [3.8, 4) is 11.3 Å². The van der Waals surface area contributed by atoms with Crippen molar-refractivity contribution in [1.29, 1.82) is 5.41 Å². The zero-order chi connectivity index (χ0) is 21.4. The van der Waals surface area contributed by atoms with Gasteiger partial charge >= 0.3 is 0 Å². The van der Waals surface area contributed by atoms with Gasteiger partial charge in [0, 0.05) is 79.9 Å². The van der Waals surface area contributed by atoms with Gasteiger partial charge in [-0.1, -0.05) is 0 Å². The van der Waals surface area contributed by atoms with Crippen LogP contribution in [0.2, 0.25) is 0 Å². The number of aryl methyl sites for hydroxylation is 2. The Morgan fingerprint density at radius 2 is 2.10 bits per heavy atom. The molecule has 0 bridgehead atoms. The Labute approximate surface area is 181 Å². The average Bonchev–Trinajstić information content (AvgIpc) is 3.36. The number of aromatic nitrogens is 4. The molecule has 8 nitrogen and oxygen atoms in total. The van der Waals surface area contributed by atoms with Gasteiger partial charge in [-0.25, -0.2) is 0 Å². The van der Waals surface area contributed by atoms with Crippen LogP contribution < -0.4 is 10.6 Å². The van der Waals surface area contributed by atoms with Crippen molar-refractivity contribution in [3.05, 3.63) is 47.7 Å². The molecule has 3 N–H and O–H groups in total. The maximum Gasteiger partial charge on any atom is 0.135 e. The fourth-order valence-electron chi connectivity index (χ4n) is 4.55. The van der Waals surface area contributed by atoms with E-state index < -0.39 is 0 Å². The molecule has 1 saturated heterocycles. The molecule has 0 aromatic carbocycles. The van der Waals surface area contributed by atoms with Crippen molar-refractivity contribution >= 4 is 16.7 Å². The molecule has 0 aliphatic carbocycles. The molecule has 1 fully saturated rings. The van der Waals surface area contributed by atoms with Crippen LogP contribution in [0.5, 0.6) is 0 Å². The van der Waals surface area contributed by atoms with E-state index in [4.69, 9.17) is 10.1 Å². The van der Waals surface area contributed by atoms with Gasteiger partial charge in [-0.15, -0.1) is 0 Å². The van der Waals surface area contributed by atoms with Crippen LogP contribution in [-0.2, 0) is 11.8 Å². The van der Waals surface area contributed by atoms with Gasteiger partial charge in [-0.2, -0.15) is 5.10 Å². The summed E-state index contributed by atoms with van der Waals surface area (Å²) in [7, 11) is 1.90. The minimum Gasteiger partial charge on any atom is -0.385 e. The SMILES string of the molecule is Cc1cc2cc(-c3cnn(C)c3)ncc2n1C(=N)C1=C(NC2CCOCC2)CCNC1. The molecule has 0 atom stereocenters. The molecular formula is C23H29N7O. The predicted octanol–water partition coefficient (Wildman–Crippen LogP) is 2.59. The highest BCUT2D eigenvalue weighted by Crippen LogP contribution is 2.26. The second-order valence-electron chi connectivity index (χ2n) is 8.42. The molecule has 3 aromatic heterocycles. The Morgan fingerprint density at radius 1 is 1.26 bits per heavy atom. The van der Waals surface area contributed by atoms with Crippen LogP contribution in [0.1, 0.15) is 25.0 Å². The summed E-state index contributed by atoms with van der Waals surface area (Å²) in [6.07, 6.45) is 8.62. The Morgan fingerprint density at radius 3 is 2.87 bits per heavy atom. The largest absolute Gasteiger partial charge is 0.385 e. The lowest BCUT2D eigenvalue weighted by atomic mass is 10.0. The maximum atomic E-state index is 9.09. The van der Waals surface area contributed by atoms with E-state index in [-0.39, 0.29) is 0 Å². The van der Waals surface area contributed by atoms with E-state index in [1.807, 2.05) is 30.2 Å². The minimum atomic E-state index is 0.427. The monoisotopic (exact) mass is 419 g/mol. The predicted molar refractivity (Wildman–Crippen MR) is 121 cm³/mol. The highest BCUT2D eigenvalue weighted by Gasteiger charge is 2.23. The number of nitrogens with zero attached hydrogens (tertiary/aromatic N) is 4. The van der Waals surface area contributed by atoms with E-state index in [2.05, 4.69) is 39.8 Å². The Hall–Kier alpha value is -2.97. The van der Waals surface area contributed by atoms with Crippen molar-refractivity contribution in [2.75, 3.05) is 26.3 Å². The first-order chi connectivity index (χ1) is 15.1. The second-order valence-corrected chi connectivity index (χ2v) is 8.42. The van der Waals surface area contributed by atoms with Crippen LogP contribution in [0.15, 0.2) is 42.0 Å². The Kier molecular flexibility index (Phi) is 5.33. The van der Waals surface area contributed by atoms with Crippen molar-refractivity contribution in [3.63, 3.8) is 0 Å². The molecule has 3 aromatic rings. The number of fused-ring (bicyclic) bond motifs is 1. The molecule has 162 valence electrons. The van der Waals surface area contributed by atoms with Crippen molar-refractivity contribution in [2.45, 2.75) is 32.2 Å². The topological polar surface area (TPSA) is 92.8 Å². The molecule has 2 aliphatic rings. The number of hydrogen-bond acceptors (Lipinski definition) is 6. The number of rotatable bonds is 4. The first kappa shape index (κ1) is 20.0. The summed E-state index contributed by atoms with van der Waals surface area (Å²) < 4.78 is 9.30. The second kappa shape index (κ2) is 8.28. The zero-order valence-electron chi connectivity index (χ0n) is 18.1. The van der Waals surface area contributed by atoms with Gasteiger partial charge in [0.15, 0.2) is 0 Å². The molecular weight excluding hydrogens is 390 g/mol. The fraction of sp³-hybridized carbons (Fsp3) is 0.435. The molecule has 0 unspecified atom stereocenters. The lowest BCUT2D eigenvalue weighted by molar-refractivity contribution is 0.0800. The van der Waals surface area contributed by atoms with E-state index in [1.54, 1.807) is 4.68 Å². The van der Waals surface area contributed by atoms with Gasteiger partial charge in [0.25, 0.3) is 0 Å². The summed E-state index contributed by atoms with van der Waals surface area (Å²) >= 11 is 0. The number of hydrogen-bond donors (Lipinski definition) is 3. The van der Waals surface area contributed by atoms with Crippen LogP contribution in [0, 0.1) is 12.3 Å². The molecule has 5 rings (SSSR count). The van der Waals surface area contributed by atoms with Gasteiger partial charge in [0.05, 0.1) is 23.6 Å². The summed E-state index contributed by atoms with van der Waals surface area (Å²) in [4.78, 5) is 4.67. The van der Waals surface area contributed by atoms with Crippen LogP contribution in [0.3, 0.4) is 0 Å². The van der Waals surface area contributed by atoms with Crippen molar-refractivity contribution in [2.24, 2.45) is 7.05 Å².